The first-order valence-electron chi connectivity index (χ1n) is 10.8. The Balaban J connectivity index is 1.33. The lowest BCUT2D eigenvalue weighted by Gasteiger charge is -2.36. The fourth-order valence-corrected chi connectivity index (χ4v) is 4.19. The Morgan fingerprint density at radius 3 is 2.33 bits per heavy atom. The van der Waals surface area contributed by atoms with Gasteiger partial charge in [-0.05, 0) is 43.3 Å². The summed E-state index contributed by atoms with van der Waals surface area (Å²) in [6, 6.07) is 19.6. The Morgan fingerprint density at radius 1 is 0.909 bits per heavy atom. The van der Waals surface area contributed by atoms with Crippen molar-refractivity contribution in [1.82, 2.24) is 10.1 Å². The van der Waals surface area contributed by atoms with Gasteiger partial charge in [-0.25, -0.2) is 4.39 Å². The molecule has 3 aromatic carbocycles. The molecule has 1 amide bonds. The van der Waals surface area contributed by atoms with E-state index in [1.54, 1.807) is 29.2 Å². The molecule has 166 valence electrons. The molecule has 6 nitrogen and oxygen atoms in total. The number of aromatic nitrogens is 1. The third-order valence-electron chi connectivity index (χ3n) is 6.02. The average molecular weight is 443 g/mol. The van der Waals surface area contributed by atoms with Crippen molar-refractivity contribution in [3.05, 3.63) is 83.7 Å². The Morgan fingerprint density at radius 2 is 1.64 bits per heavy atom. The lowest BCUT2D eigenvalue weighted by Crippen LogP contribution is -2.49. The van der Waals surface area contributed by atoms with Gasteiger partial charge >= 0.3 is 0 Å². The summed E-state index contributed by atoms with van der Waals surface area (Å²) >= 11 is 0. The summed E-state index contributed by atoms with van der Waals surface area (Å²) in [5, 5.41) is 4.90. The molecule has 0 bridgehead atoms. The summed E-state index contributed by atoms with van der Waals surface area (Å²) < 4.78 is 20.1. The number of anilines is 1. The van der Waals surface area contributed by atoms with Crippen LogP contribution in [0.4, 0.5) is 10.1 Å². The maximum Gasteiger partial charge on any atom is 0.254 e. The van der Waals surface area contributed by atoms with Gasteiger partial charge in [-0.15, -0.1) is 0 Å². The zero-order valence-electron chi connectivity index (χ0n) is 18.1. The first-order valence-corrected chi connectivity index (χ1v) is 10.8. The van der Waals surface area contributed by atoms with Crippen LogP contribution in [-0.2, 0) is 0 Å². The zero-order chi connectivity index (χ0) is 22.9. The van der Waals surface area contributed by atoms with Gasteiger partial charge in [0, 0.05) is 42.9 Å². The molecule has 1 aliphatic rings. The van der Waals surface area contributed by atoms with Crippen molar-refractivity contribution in [2.75, 3.05) is 31.1 Å². The molecule has 0 N–H and O–H groups in total. The summed E-state index contributed by atoms with van der Waals surface area (Å²) in [5.74, 6) is -0.0383. The van der Waals surface area contributed by atoms with Gasteiger partial charge in [-0.1, -0.05) is 35.5 Å². The number of rotatable bonds is 4. The van der Waals surface area contributed by atoms with E-state index in [2.05, 4.69) is 5.16 Å². The second kappa shape index (κ2) is 8.50. The topological polar surface area (TPSA) is 66.7 Å². The van der Waals surface area contributed by atoms with Crippen LogP contribution < -0.4 is 4.90 Å². The van der Waals surface area contributed by atoms with E-state index >= 15 is 0 Å². The molecule has 5 rings (SSSR count). The van der Waals surface area contributed by atoms with E-state index < -0.39 is 5.82 Å². The molecular formula is C26H22FN3O3. The van der Waals surface area contributed by atoms with Gasteiger partial charge < -0.3 is 14.3 Å². The maximum absolute atomic E-state index is 14.5. The van der Waals surface area contributed by atoms with Crippen molar-refractivity contribution in [2.24, 2.45) is 0 Å². The highest BCUT2D eigenvalue weighted by atomic mass is 19.1. The highest BCUT2D eigenvalue weighted by Gasteiger charge is 2.25. The van der Waals surface area contributed by atoms with Crippen LogP contribution in [0.3, 0.4) is 0 Å². The van der Waals surface area contributed by atoms with Crippen molar-refractivity contribution in [2.45, 2.75) is 6.92 Å². The fraction of sp³-hybridized carbons (Fsp3) is 0.192. The van der Waals surface area contributed by atoms with Crippen LogP contribution in [0.2, 0.25) is 0 Å². The van der Waals surface area contributed by atoms with Gasteiger partial charge in [0.15, 0.2) is 11.5 Å². The molecule has 2 heterocycles. The number of nitrogens with zero attached hydrogens (tertiary/aromatic N) is 3. The van der Waals surface area contributed by atoms with Crippen LogP contribution >= 0.6 is 0 Å². The molecule has 0 radical (unpaired) electrons. The van der Waals surface area contributed by atoms with Crippen LogP contribution in [0, 0.1) is 5.82 Å². The second-order valence-electron chi connectivity index (χ2n) is 8.11. The number of carbonyl (C=O) groups excluding carboxylic acids is 2. The molecule has 0 aliphatic carbocycles. The predicted octanol–water partition coefficient (Wildman–Crippen LogP) is 4.80. The molecule has 0 atom stereocenters. The Labute approximate surface area is 190 Å². The number of benzene rings is 3. The smallest absolute Gasteiger partial charge is 0.254 e. The van der Waals surface area contributed by atoms with E-state index in [1.165, 1.54) is 13.0 Å². The SMILES string of the molecule is CC(=O)c1ccc(N2CCN(C(=O)c3ccc4noc(-c5ccccc5)c4c3)CC2)c(F)c1. The molecule has 7 heteroatoms. The summed E-state index contributed by atoms with van der Waals surface area (Å²) in [6.45, 7) is 3.37. The monoisotopic (exact) mass is 443 g/mol. The minimum Gasteiger partial charge on any atom is -0.366 e. The van der Waals surface area contributed by atoms with E-state index in [0.29, 0.717) is 54.3 Å². The van der Waals surface area contributed by atoms with Crippen LogP contribution in [0.15, 0.2) is 71.3 Å². The quantitative estimate of drug-likeness (QED) is 0.424. The molecule has 1 aromatic heterocycles. The summed E-state index contributed by atoms with van der Waals surface area (Å²) in [7, 11) is 0. The number of amides is 1. The molecule has 4 aromatic rings. The normalized spacial score (nSPS) is 14.0. The van der Waals surface area contributed by atoms with E-state index in [1.807, 2.05) is 41.3 Å². The second-order valence-corrected chi connectivity index (χ2v) is 8.11. The van der Waals surface area contributed by atoms with Crippen molar-refractivity contribution < 1.29 is 18.5 Å². The highest BCUT2D eigenvalue weighted by Crippen LogP contribution is 2.30. The number of halogens is 1. The number of piperazine rings is 1. The van der Waals surface area contributed by atoms with E-state index in [-0.39, 0.29) is 11.7 Å². The van der Waals surface area contributed by atoms with Crippen molar-refractivity contribution in [3.63, 3.8) is 0 Å². The molecule has 33 heavy (non-hydrogen) atoms. The predicted molar refractivity (Wildman–Crippen MR) is 124 cm³/mol. The van der Waals surface area contributed by atoms with Gasteiger partial charge in [0.05, 0.1) is 11.1 Å². The zero-order valence-corrected chi connectivity index (χ0v) is 18.1. The molecule has 0 unspecified atom stereocenters. The van der Waals surface area contributed by atoms with Gasteiger partial charge in [-0.2, -0.15) is 0 Å². The number of fused-ring (bicyclic) bond motifs is 1. The lowest BCUT2D eigenvalue weighted by molar-refractivity contribution is 0.0746. The van der Waals surface area contributed by atoms with Gasteiger partial charge in [0.1, 0.15) is 11.3 Å². The lowest BCUT2D eigenvalue weighted by atomic mass is 10.1. The molecule has 1 fully saturated rings. The van der Waals surface area contributed by atoms with Crippen molar-refractivity contribution >= 4 is 28.3 Å². The Bertz CT molecular complexity index is 1340. The van der Waals surface area contributed by atoms with E-state index in [9.17, 15) is 14.0 Å². The Hall–Kier alpha value is -4.00. The average Bonchev–Trinajstić information content (AvgIpc) is 3.27. The van der Waals surface area contributed by atoms with E-state index in [4.69, 9.17) is 4.52 Å². The summed E-state index contributed by atoms with van der Waals surface area (Å²) in [5.41, 5.74) is 2.96. The number of hydrogen-bond donors (Lipinski definition) is 0. The standard InChI is InChI=1S/C26H22FN3O3/c1-17(31)19-8-10-24(22(27)16-19)29-11-13-30(14-12-29)26(32)20-7-9-23-21(15-20)25(33-28-23)18-5-3-2-4-6-18/h2-10,15-16H,11-14H2,1H3. The van der Waals surface area contributed by atoms with Crippen molar-refractivity contribution in [3.8, 4) is 11.3 Å². The van der Waals surface area contributed by atoms with Gasteiger partial charge in [-0.3, -0.25) is 9.59 Å². The molecule has 1 aliphatic heterocycles. The first kappa shape index (κ1) is 20.9. The molecular weight excluding hydrogens is 421 g/mol. The third kappa shape index (κ3) is 3.98. The van der Waals surface area contributed by atoms with E-state index in [0.717, 1.165) is 10.9 Å². The molecule has 0 spiro atoms. The number of carbonyl (C=O) groups is 2. The minimum absolute atomic E-state index is 0.0795. The molecule has 1 saturated heterocycles. The Kier molecular flexibility index (Phi) is 5.38. The van der Waals surface area contributed by atoms with Crippen LogP contribution in [0.1, 0.15) is 27.6 Å². The highest BCUT2D eigenvalue weighted by molar-refractivity contribution is 6.01. The third-order valence-corrected chi connectivity index (χ3v) is 6.02. The number of hydrogen-bond acceptors (Lipinski definition) is 5. The van der Waals surface area contributed by atoms with Crippen LogP contribution in [0.25, 0.3) is 22.2 Å². The largest absolute Gasteiger partial charge is 0.366 e. The minimum atomic E-state index is -0.422. The summed E-state index contributed by atoms with van der Waals surface area (Å²) in [6.07, 6.45) is 0. The number of Topliss-reactive ketones (excluding diaryl/α,β-unsaturated/α-hetero) is 1. The van der Waals surface area contributed by atoms with Crippen molar-refractivity contribution in [1.29, 1.82) is 0 Å². The van der Waals surface area contributed by atoms with Crippen LogP contribution in [-0.4, -0.2) is 47.9 Å². The van der Waals surface area contributed by atoms with Crippen LogP contribution in [0.5, 0.6) is 0 Å². The summed E-state index contributed by atoms with van der Waals surface area (Å²) in [4.78, 5) is 28.3. The maximum atomic E-state index is 14.5. The first-order chi connectivity index (χ1) is 16.0. The van der Waals surface area contributed by atoms with Gasteiger partial charge in [0.2, 0.25) is 0 Å². The molecule has 0 saturated carbocycles. The van der Waals surface area contributed by atoms with Gasteiger partial charge in [0.25, 0.3) is 5.91 Å². The fourth-order valence-electron chi connectivity index (χ4n) is 4.19. The number of ketones is 1.